The highest BCUT2D eigenvalue weighted by atomic mass is 16.4. The summed E-state index contributed by atoms with van der Waals surface area (Å²) >= 11 is 0. The molecule has 1 amide bonds. The van der Waals surface area contributed by atoms with Gasteiger partial charge in [-0.2, -0.15) is 10.1 Å². The summed E-state index contributed by atoms with van der Waals surface area (Å²) in [5.74, 6) is 2.27. The van der Waals surface area contributed by atoms with Crippen LogP contribution in [0.4, 0.5) is 5.95 Å². The van der Waals surface area contributed by atoms with Crippen molar-refractivity contribution < 1.29 is 9.21 Å². The molecule has 3 aromatic rings. The normalized spacial score (nSPS) is 11.1. The third kappa shape index (κ3) is 3.76. The topological polar surface area (TPSA) is 85.8 Å². The molecule has 0 aliphatic carbocycles. The fourth-order valence-corrected chi connectivity index (χ4v) is 2.37. The van der Waals surface area contributed by atoms with Gasteiger partial charge in [-0.3, -0.25) is 10.1 Å². The minimum Gasteiger partial charge on any atom is -0.441 e. The van der Waals surface area contributed by atoms with E-state index < -0.39 is 0 Å². The first kappa shape index (κ1) is 16.9. The number of oxazole rings is 1. The van der Waals surface area contributed by atoms with Crippen LogP contribution in [-0.4, -0.2) is 25.7 Å². The quantitative estimate of drug-likeness (QED) is 0.772. The van der Waals surface area contributed by atoms with E-state index in [0.29, 0.717) is 29.1 Å². The maximum absolute atomic E-state index is 12.3. The number of benzene rings is 1. The van der Waals surface area contributed by atoms with E-state index in [1.54, 1.807) is 18.7 Å². The van der Waals surface area contributed by atoms with Crippen molar-refractivity contribution >= 4 is 11.9 Å². The summed E-state index contributed by atoms with van der Waals surface area (Å²) in [6, 6.07) is 9.60. The molecule has 0 atom stereocenters. The number of rotatable bonds is 5. The maximum Gasteiger partial charge on any atom is 0.232 e. The van der Waals surface area contributed by atoms with E-state index >= 15 is 0 Å². The van der Waals surface area contributed by atoms with Crippen LogP contribution < -0.4 is 5.32 Å². The van der Waals surface area contributed by atoms with Crippen LogP contribution in [0.5, 0.6) is 0 Å². The predicted molar refractivity (Wildman–Crippen MR) is 94.1 cm³/mol. The number of aryl methyl sites for hydroxylation is 2. The number of hydrogen-bond acceptors (Lipinski definition) is 5. The molecule has 0 aliphatic heterocycles. The molecule has 0 saturated heterocycles. The lowest BCUT2D eigenvalue weighted by Gasteiger charge is -2.02. The molecule has 0 saturated carbocycles. The summed E-state index contributed by atoms with van der Waals surface area (Å²) < 4.78 is 7.25. The monoisotopic (exact) mass is 339 g/mol. The van der Waals surface area contributed by atoms with Gasteiger partial charge in [-0.1, -0.05) is 32.0 Å². The van der Waals surface area contributed by atoms with Crippen molar-refractivity contribution in [2.45, 2.75) is 33.1 Å². The minimum atomic E-state index is -0.207. The van der Waals surface area contributed by atoms with E-state index in [0.717, 1.165) is 5.56 Å². The molecular weight excluding hydrogens is 318 g/mol. The van der Waals surface area contributed by atoms with Crippen molar-refractivity contribution in [3.8, 4) is 11.5 Å². The van der Waals surface area contributed by atoms with Crippen LogP contribution in [-0.2, 0) is 18.3 Å². The second kappa shape index (κ2) is 6.88. The molecule has 0 bridgehead atoms. The molecule has 2 aromatic heterocycles. The highest BCUT2D eigenvalue weighted by molar-refractivity contribution is 5.90. The Morgan fingerprint density at radius 1 is 1.24 bits per heavy atom. The lowest BCUT2D eigenvalue weighted by atomic mass is 10.2. The van der Waals surface area contributed by atoms with Gasteiger partial charge in [-0.05, 0) is 19.1 Å². The molecule has 2 heterocycles. The molecule has 0 spiro atoms. The van der Waals surface area contributed by atoms with Gasteiger partial charge >= 0.3 is 0 Å². The number of nitrogens with zero attached hydrogens (tertiary/aromatic N) is 4. The van der Waals surface area contributed by atoms with Crippen LogP contribution in [0.15, 0.2) is 34.7 Å². The van der Waals surface area contributed by atoms with Crippen molar-refractivity contribution in [3.63, 3.8) is 0 Å². The van der Waals surface area contributed by atoms with Crippen molar-refractivity contribution in [1.29, 1.82) is 0 Å². The van der Waals surface area contributed by atoms with E-state index in [1.165, 1.54) is 0 Å². The van der Waals surface area contributed by atoms with Crippen molar-refractivity contribution in [3.05, 3.63) is 47.6 Å². The van der Waals surface area contributed by atoms with E-state index in [-0.39, 0.29) is 18.2 Å². The first-order chi connectivity index (χ1) is 11.9. The molecule has 3 rings (SSSR count). The molecule has 1 N–H and O–H groups in total. The van der Waals surface area contributed by atoms with Crippen molar-refractivity contribution in [2.24, 2.45) is 7.05 Å². The first-order valence-electron chi connectivity index (χ1n) is 8.16. The smallest absolute Gasteiger partial charge is 0.232 e. The number of hydrogen-bond donors (Lipinski definition) is 1. The summed E-state index contributed by atoms with van der Waals surface area (Å²) in [5.41, 5.74) is 1.50. The Kier molecular flexibility index (Phi) is 4.65. The van der Waals surface area contributed by atoms with Crippen LogP contribution in [0.1, 0.15) is 37.0 Å². The number of nitrogens with one attached hydrogen (secondary N) is 1. The van der Waals surface area contributed by atoms with Crippen LogP contribution >= 0.6 is 0 Å². The Balaban J connectivity index is 1.72. The predicted octanol–water partition coefficient (Wildman–Crippen LogP) is 3.08. The van der Waals surface area contributed by atoms with E-state index in [4.69, 9.17) is 4.42 Å². The largest absolute Gasteiger partial charge is 0.441 e. The molecule has 25 heavy (non-hydrogen) atoms. The highest BCUT2D eigenvalue weighted by Gasteiger charge is 2.17. The summed E-state index contributed by atoms with van der Waals surface area (Å²) in [7, 11) is 1.75. The zero-order valence-electron chi connectivity index (χ0n) is 14.8. The van der Waals surface area contributed by atoms with Crippen LogP contribution in [0.25, 0.3) is 11.5 Å². The zero-order chi connectivity index (χ0) is 18.0. The Hall–Kier alpha value is -2.96. The van der Waals surface area contributed by atoms with Crippen LogP contribution in [0.2, 0.25) is 0 Å². The van der Waals surface area contributed by atoms with Crippen LogP contribution in [0.3, 0.4) is 0 Å². The summed E-state index contributed by atoms with van der Waals surface area (Å²) in [4.78, 5) is 21.1. The second-order valence-electron chi connectivity index (χ2n) is 6.18. The molecule has 7 heteroatoms. The fraction of sp³-hybridized carbons (Fsp3) is 0.333. The molecule has 0 radical (unpaired) electrons. The SMILES string of the molecule is Cc1oc(-c2ccccc2)nc1CC(=O)Nc1nc(C(C)C)nn1C. The lowest BCUT2D eigenvalue weighted by molar-refractivity contribution is -0.115. The molecule has 0 fully saturated rings. The van der Waals surface area contributed by atoms with Gasteiger partial charge in [0.2, 0.25) is 17.7 Å². The van der Waals surface area contributed by atoms with E-state index in [9.17, 15) is 4.79 Å². The third-order valence-electron chi connectivity index (χ3n) is 3.79. The minimum absolute atomic E-state index is 0.117. The summed E-state index contributed by atoms with van der Waals surface area (Å²) in [5, 5.41) is 7.07. The fourth-order valence-electron chi connectivity index (χ4n) is 2.37. The lowest BCUT2D eigenvalue weighted by Crippen LogP contribution is -2.18. The molecule has 1 aromatic carbocycles. The van der Waals surface area contributed by atoms with Gasteiger partial charge in [0.05, 0.1) is 12.1 Å². The molecule has 7 nitrogen and oxygen atoms in total. The standard InChI is InChI=1S/C18H21N5O2/c1-11(2)16-21-18(23(4)22-16)20-15(24)10-14-12(3)25-17(19-14)13-8-6-5-7-9-13/h5-9,11H,10H2,1-4H3,(H,20,21,22,24). The molecular formula is C18H21N5O2. The second-order valence-corrected chi connectivity index (χ2v) is 6.18. The van der Waals surface area contributed by atoms with Crippen molar-refractivity contribution in [1.82, 2.24) is 19.7 Å². The Morgan fingerprint density at radius 3 is 2.60 bits per heavy atom. The Labute approximate surface area is 146 Å². The number of anilines is 1. The van der Waals surface area contributed by atoms with Crippen molar-refractivity contribution in [2.75, 3.05) is 5.32 Å². The van der Waals surface area contributed by atoms with Gasteiger partial charge in [0.25, 0.3) is 0 Å². The molecule has 0 aliphatic rings. The van der Waals surface area contributed by atoms with E-state index in [1.807, 2.05) is 44.2 Å². The van der Waals surface area contributed by atoms with Gasteiger partial charge in [0, 0.05) is 18.5 Å². The third-order valence-corrected chi connectivity index (χ3v) is 3.79. The summed E-state index contributed by atoms with van der Waals surface area (Å²) in [6.07, 6.45) is 0.117. The average Bonchev–Trinajstić information content (AvgIpc) is 3.12. The molecule has 0 unspecified atom stereocenters. The van der Waals surface area contributed by atoms with Gasteiger partial charge in [-0.25, -0.2) is 9.67 Å². The zero-order valence-corrected chi connectivity index (χ0v) is 14.8. The van der Waals surface area contributed by atoms with Gasteiger partial charge in [0.1, 0.15) is 5.76 Å². The van der Waals surface area contributed by atoms with Gasteiger partial charge < -0.3 is 4.42 Å². The summed E-state index contributed by atoms with van der Waals surface area (Å²) in [6.45, 7) is 5.82. The number of aromatic nitrogens is 4. The van der Waals surface area contributed by atoms with Crippen LogP contribution in [0, 0.1) is 6.92 Å². The number of carbonyl (C=O) groups excluding carboxylic acids is 1. The van der Waals surface area contributed by atoms with Gasteiger partial charge in [0.15, 0.2) is 5.82 Å². The average molecular weight is 339 g/mol. The van der Waals surface area contributed by atoms with Gasteiger partial charge in [-0.15, -0.1) is 0 Å². The maximum atomic E-state index is 12.3. The number of carbonyl (C=O) groups is 1. The Bertz CT molecular complexity index is 880. The van der Waals surface area contributed by atoms with E-state index in [2.05, 4.69) is 20.4 Å². The number of amides is 1. The Morgan fingerprint density at radius 2 is 1.96 bits per heavy atom. The molecule has 130 valence electrons. The first-order valence-corrected chi connectivity index (χ1v) is 8.16. The highest BCUT2D eigenvalue weighted by Crippen LogP contribution is 2.22.